The summed E-state index contributed by atoms with van der Waals surface area (Å²) in [7, 11) is 4.17. The van der Waals surface area contributed by atoms with Crippen LogP contribution < -0.4 is 0 Å². The Balaban J connectivity index is 0.000000218. The first-order valence-electron chi connectivity index (χ1n) is 6.89. The monoisotopic (exact) mass is 339 g/mol. The SMILES string of the molecule is CN(C)CCCSc1ccc(Cl)cc1Cl.c1cc2ccc1=2. The first-order chi connectivity index (χ1) is 10.1. The molecular formula is C17H19Cl2NS. The van der Waals surface area contributed by atoms with Crippen LogP contribution in [0.4, 0.5) is 0 Å². The van der Waals surface area contributed by atoms with Gasteiger partial charge in [-0.25, -0.2) is 0 Å². The smallest absolute Gasteiger partial charge is 0.0556 e. The van der Waals surface area contributed by atoms with Crippen molar-refractivity contribution in [1.82, 2.24) is 4.90 Å². The molecule has 1 nitrogen and oxygen atoms in total. The summed E-state index contributed by atoms with van der Waals surface area (Å²) >= 11 is 13.7. The maximum absolute atomic E-state index is 6.06. The van der Waals surface area contributed by atoms with Crippen molar-refractivity contribution in [3.8, 4) is 0 Å². The molecule has 0 heterocycles. The topological polar surface area (TPSA) is 3.24 Å². The molecule has 0 atom stereocenters. The number of benzene rings is 2. The molecule has 1 aromatic carbocycles. The van der Waals surface area contributed by atoms with Crippen LogP contribution in [-0.4, -0.2) is 31.3 Å². The number of nitrogens with zero attached hydrogens (tertiary/aromatic N) is 1. The lowest BCUT2D eigenvalue weighted by Gasteiger charge is -2.09. The fourth-order valence-electron chi connectivity index (χ4n) is 1.82. The van der Waals surface area contributed by atoms with E-state index in [-0.39, 0.29) is 0 Å². The second-order valence-corrected chi connectivity index (χ2v) is 7.14. The summed E-state index contributed by atoms with van der Waals surface area (Å²) in [5.41, 5.74) is 0. The maximum atomic E-state index is 6.06. The van der Waals surface area contributed by atoms with E-state index in [0.29, 0.717) is 5.02 Å². The molecule has 2 aliphatic carbocycles. The minimum absolute atomic E-state index is 0.692. The zero-order valence-electron chi connectivity index (χ0n) is 12.3. The van der Waals surface area contributed by atoms with Crippen LogP contribution in [0.2, 0.25) is 10.0 Å². The fraction of sp³-hybridized carbons (Fsp3) is 0.294. The highest BCUT2D eigenvalue weighted by Gasteiger charge is 2.01. The van der Waals surface area contributed by atoms with E-state index in [1.54, 1.807) is 17.8 Å². The zero-order valence-corrected chi connectivity index (χ0v) is 14.6. The van der Waals surface area contributed by atoms with Crippen LogP contribution >= 0.6 is 35.0 Å². The normalized spacial score (nSPS) is 11.1. The average Bonchev–Trinajstić information content (AvgIpc) is 2.41. The molecule has 2 aliphatic rings. The predicted octanol–water partition coefficient (Wildman–Crippen LogP) is 5.32. The minimum atomic E-state index is 0.692. The lowest BCUT2D eigenvalue weighted by atomic mass is 10.1. The Morgan fingerprint density at radius 1 is 0.952 bits per heavy atom. The number of halogens is 2. The van der Waals surface area contributed by atoms with Gasteiger partial charge in [0.1, 0.15) is 0 Å². The van der Waals surface area contributed by atoms with Gasteiger partial charge >= 0.3 is 0 Å². The molecule has 1 aromatic rings. The molecule has 0 saturated carbocycles. The van der Waals surface area contributed by atoms with Crippen molar-refractivity contribution in [3.05, 3.63) is 62.9 Å². The van der Waals surface area contributed by atoms with Gasteiger partial charge < -0.3 is 4.90 Å². The third kappa shape index (κ3) is 5.23. The molecule has 0 unspecified atom stereocenters. The lowest BCUT2D eigenvalue weighted by molar-refractivity contribution is 0.410. The van der Waals surface area contributed by atoms with Crippen molar-refractivity contribution in [1.29, 1.82) is 0 Å². The van der Waals surface area contributed by atoms with Crippen molar-refractivity contribution < 1.29 is 0 Å². The first-order valence-corrected chi connectivity index (χ1v) is 8.63. The van der Waals surface area contributed by atoms with Gasteiger partial charge in [-0.3, -0.25) is 0 Å². The van der Waals surface area contributed by atoms with Crippen LogP contribution in [0.1, 0.15) is 6.42 Å². The summed E-state index contributed by atoms with van der Waals surface area (Å²) in [5.74, 6) is 1.08. The number of thioether (sulfide) groups is 1. The van der Waals surface area contributed by atoms with Crippen LogP contribution in [0.15, 0.2) is 47.4 Å². The second kappa shape index (κ2) is 8.09. The molecular weight excluding hydrogens is 321 g/mol. The van der Waals surface area contributed by atoms with Crippen molar-refractivity contribution in [2.24, 2.45) is 0 Å². The van der Waals surface area contributed by atoms with E-state index in [2.05, 4.69) is 43.3 Å². The fourth-order valence-corrected chi connectivity index (χ4v) is 3.24. The number of hydrogen-bond donors (Lipinski definition) is 0. The van der Waals surface area contributed by atoms with Gasteiger partial charge in [-0.1, -0.05) is 47.5 Å². The van der Waals surface area contributed by atoms with Gasteiger partial charge in [0.15, 0.2) is 0 Å². The van der Waals surface area contributed by atoms with Crippen molar-refractivity contribution in [2.45, 2.75) is 11.3 Å². The van der Waals surface area contributed by atoms with Crippen molar-refractivity contribution >= 4 is 35.0 Å². The highest BCUT2D eigenvalue weighted by molar-refractivity contribution is 7.99. The molecule has 21 heavy (non-hydrogen) atoms. The molecule has 0 aromatic heterocycles. The second-order valence-electron chi connectivity index (χ2n) is 5.16. The van der Waals surface area contributed by atoms with E-state index < -0.39 is 0 Å². The zero-order chi connectivity index (χ0) is 15.2. The van der Waals surface area contributed by atoms with Crippen LogP contribution in [0.5, 0.6) is 0 Å². The predicted molar refractivity (Wildman–Crippen MR) is 94.5 cm³/mol. The van der Waals surface area contributed by atoms with Crippen molar-refractivity contribution in [2.75, 3.05) is 26.4 Å². The van der Waals surface area contributed by atoms with Gasteiger partial charge in [0, 0.05) is 9.92 Å². The highest BCUT2D eigenvalue weighted by Crippen LogP contribution is 2.29. The summed E-state index contributed by atoms with van der Waals surface area (Å²) in [6.45, 7) is 1.11. The van der Waals surface area contributed by atoms with Gasteiger partial charge in [-0.2, -0.15) is 0 Å². The Kier molecular flexibility index (Phi) is 6.43. The lowest BCUT2D eigenvalue weighted by Crippen LogP contribution is -2.13. The van der Waals surface area contributed by atoms with E-state index >= 15 is 0 Å². The quantitative estimate of drug-likeness (QED) is 0.456. The molecule has 4 heteroatoms. The Labute approximate surface area is 140 Å². The largest absolute Gasteiger partial charge is 0.309 e. The van der Waals surface area contributed by atoms with Crippen LogP contribution in [0.3, 0.4) is 0 Å². The van der Waals surface area contributed by atoms with Crippen LogP contribution in [-0.2, 0) is 0 Å². The summed E-state index contributed by atoms with van der Waals surface area (Å²) in [4.78, 5) is 3.30. The molecule has 0 bridgehead atoms. The Bertz CT molecular complexity index is 635. The molecule has 0 N–H and O–H groups in total. The van der Waals surface area contributed by atoms with Gasteiger partial charge in [-0.15, -0.1) is 11.8 Å². The van der Waals surface area contributed by atoms with Gasteiger partial charge in [0.25, 0.3) is 0 Å². The third-order valence-corrected chi connectivity index (χ3v) is 4.94. The third-order valence-electron chi connectivity index (χ3n) is 3.12. The Morgan fingerprint density at radius 3 is 2.00 bits per heavy atom. The van der Waals surface area contributed by atoms with E-state index in [9.17, 15) is 0 Å². The van der Waals surface area contributed by atoms with E-state index in [4.69, 9.17) is 23.2 Å². The number of rotatable bonds is 5. The van der Waals surface area contributed by atoms with E-state index in [1.165, 1.54) is 10.4 Å². The summed E-state index contributed by atoms with van der Waals surface area (Å²) < 4.78 is 0. The summed E-state index contributed by atoms with van der Waals surface area (Å²) in [6, 6.07) is 14.1. The molecule has 0 amide bonds. The molecule has 0 fully saturated rings. The minimum Gasteiger partial charge on any atom is -0.309 e. The highest BCUT2D eigenvalue weighted by atomic mass is 35.5. The van der Waals surface area contributed by atoms with E-state index in [1.807, 2.05) is 12.1 Å². The summed E-state index contributed by atoms with van der Waals surface area (Å²) in [6.07, 6.45) is 1.16. The van der Waals surface area contributed by atoms with Crippen molar-refractivity contribution in [3.63, 3.8) is 0 Å². The Hall–Kier alpha value is -0.670. The molecule has 0 radical (unpaired) electrons. The summed E-state index contributed by atoms with van der Waals surface area (Å²) in [5, 5.41) is 4.29. The number of hydrogen-bond acceptors (Lipinski definition) is 2. The standard InChI is InChI=1S/C11H15Cl2NS.C6H4/c1-14(2)6-3-7-15-11-5-4-9(12)8-10(11)13;1-2-6-4-3-5(1)6/h4-5,8H,3,6-7H2,1-2H3;1-4H. The van der Waals surface area contributed by atoms with Gasteiger partial charge in [0.05, 0.1) is 5.02 Å². The molecule has 112 valence electrons. The Morgan fingerprint density at radius 2 is 1.57 bits per heavy atom. The maximum Gasteiger partial charge on any atom is 0.0556 e. The van der Waals surface area contributed by atoms with Crippen LogP contribution in [0.25, 0.3) is 0 Å². The van der Waals surface area contributed by atoms with Crippen LogP contribution in [0, 0.1) is 10.4 Å². The van der Waals surface area contributed by atoms with Gasteiger partial charge in [0.2, 0.25) is 0 Å². The molecule has 0 aliphatic heterocycles. The molecule has 3 rings (SSSR count). The average molecular weight is 340 g/mol. The first kappa shape index (κ1) is 16.7. The molecule has 0 spiro atoms. The molecule has 0 saturated heterocycles. The van der Waals surface area contributed by atoms with Gasteiger partial charge in [-0.05, 0) is 61.5 Å². The van der Waals surface area contributed by atoms with E-state index in [0.717, 1.165) is 28.6 Å².